The molecule has 1 aliphatic carbocycles. The van der Waals surface area contributed by atoms with Gasteiger partial charge in [0.15, 0.2) is 0 Å². The van der Waals surface area contributed by atoms with E-state index in [0.717, 1.165) is 6.42 Å². The number of hydrogen-bond donors (Lipinski definition) is 1. The molecule has 13 heavy (non-hydrogen) atoms. The summed E-state index contributed by atoms with van der Waals surface area (Å²) in [6, 6.07) is 0. The van der Waals surface area contributed by atoms with Crippen LogP contribution in [0.3, 0.4) is 0 Å². The van der Waals surface area contributed by atoms with Crippen molar-refractivity contribution in [2.45, 2.75) is 58.5 Å². The Balaban J connectivity index is 2.28. The van der Waals surface area contributed by atoms with Crippen LogP contribution >= 0.6 is 0 Å². The molecule has 1 nitrogen and oxygen atoms in total. The minimum Gasteiger partial charge on any atom is -0.393 e. The number of aliphatic hydroxyl groups is 1. The van der Waals surface area contributed by atoms with Crippen molar-refractivity contribution in [1.82, 2.24) is 0 Å². The summed E-state index contributed by atoms with van der Waals surface area (Å²) in [6.07, 6.45) is 9.39. The summed E-state index contributed by atoms with van der Waals surface area (Å²) >= 11 is 0. The molecule has 1 rings (SSSR count). The van der Waals surface area contributed by atoms with Crippen LogP contribution in [0.5, 0.6) is 0 Å². The van der Waals surface area contributed by atoms with Gasteiger partial charge < -0.3 is 5.11 Å². The molecule has 0 bridgehead atoms. The summed E-state index contributed by atoms with van der Waals surface area (Å²) < 4.78 is 0. The van der Waals surface area contributed by atoms with Gasteiger partial charge in [-0.25, -0.2) is 0 Å². The third-order valence-electron chi connectivity index (χ3n) is 2.96. The van der Waals surface area contributed by atoms with E-state index < -0.39 is 0 Å². The molecule has 0 aromatic heterocycles. The normalized spacial score (nSPS) is 21.2. The van der Waals surface area contributed by atoms with Crippen LogP contribution in [0, 0.1) is 5.92 Å². The topological polar surface area (TPSA) is 20.2 Å². The predicted molar refractivity (Wildman–Crippen MR) is 56.6 cm³/mol. The van der Waals surface area contributed by atoms with E-state index in [1.165, 1.54) is 37.7 Å². The molecule has 1 N–H and O–H groups in total. The van der Waals surface area contributed by atoms with Crippen LogP contribution in [-0.4, -0.2) is 11.2 Å². The molecular formula is C12H22O. The van der Waals surface area contributed by atoms with E-state index in [2.05, 4.69) is 19.9 Å². The van der Waals surface area contributed by atoms with Crippen molar-refractivity contribution in [1.29, 1.82) is 0 Å². The quantitative estimate of drug-likeness (QED) is 0.664. The monoisotopic (exact) mass is 182 g/mol. The molecule has 1 fully saturated rings. The van der Waals surface area contributed by atoms with Crippen LogP contribution in [0.4, 0.5) is 0 Å². The van der Waals surface area contributed by atoms with E-state index >= 15 is 0 Å². The summed E-state index contributed by atoms with van der Waals surface area (Å²) in [5.41, 5.74) is 1.31. The SMILES string of the molecule is CC(C)=CCC(O)C1CCCCC1. The Kier molecular flexibility index (Phi) is 4.51. The van der Waals surface area contributed by atoms with Gasteiger partial charge in [0.1, 0.15) is 0 Å². The zero-order valence-corrected chi connectivity index (χ0v) is 8.92. The molecule has 0 radical (unpaired) electrons. The van der Waals surface area contributed by atoms with Crippen molar-refractivity contribution >= 4 is 0 Å². The van der Waals surface area contributed by atoms with Gasteiger partial charge in [-0.1, -0.05) is 30.9 Å². The third-order valence-corrected chi connectivity index (χ3v) is 2.96. The standard InChI is InChI=1S/C12H22O/c1-10(2)8-9-12(13)11-6-4-3-5-7-11/h8,11-13H,3-7,9H2,1-2H3. The molecular weight excluding hydrogens is 160 g/mol. The zero-order chi connectivity index (χ0) is 9.68. The smallest absolute Gasteiger partial charge is 0.0602 e. The maximum absolute atomic E-state index is 9.88. The zero-order valence-electron chi connectivity index (χ0n) is 8.92. The van der Waals surface area contributed by atoms with Gasteiger partial charge in [-0.3, -0.25) is 0 Å². The molecule has 0 spiro atoms. The van der Waals surface area contributed by atoms with E-state index in [0.29, 0.717) is 5.92 Å². The first kappa shape index (κ1) is 10.8. The van der Waals surface area contributed by atoms with Gasteiger partial charge in [-0.2, -0.15) is 0 Å². The highest BCUT2D eigenvalue weighted by Gasteiger charge is 2.20. The lowest BCUT2D eigenvalue weighted by Gasteiger charge is -2.25. The first-order valence-electron chi connectivity index (χ1n) is 5.51. The fourth-order valence-corrected chi connectivity index (χ4v) is 2.07. The Morgan fingerprint density at radius 1 is 1.31 bits per heavy atom. The Morgan fingerprint density at radius 2 is 1.92 bits per heavy atom. The number of aliphatic hydroxyl groups excluding tert-OH is 1. The van der Waals surface area contributed by atoms with Gasteiger partial charge in [0, 0.05) is 0 Å². The van der Waals surface area contributed by atoms with E-state index in [1.807, 2.05) is 0 Å². The minimum atomic E-state index is -0.0878. The molecule has 0 saturated heterocycles. The van der Waals surface area contributed by atoms with Crippen LogP contribution in [0.15, 0.2) is 11.6 Å². The molecule has 76 valence electrons. The van der Waals surface area contributed by atoms with Crippen molar-refractivity contribution in [3.05, 3.63) is 11.6 Å². The second-order valence-electron chi connectivity index (χ2n) is 4.48. The minimum absolute atomic E-state index is 0.0878. The van der Waals surface area contributed by atoms with Gasteiger partial charge >= 0.3 is 0 Å². The van der Waals surface area contributed by atoms with E-state index in [1.54, 1.807) is 0 Å². The second kappa shape index (κ2) is 5.43. The predicted octanol–water partition coefficient (Wildman–Crippen LogP) is 3.28. The van der Waals surface area contributed by atoms with E-state index in [9.17, 15) is 5.11 Å². The van der Waals surface area contributed by atoms with E-state index in [4.69, 9.17) is 0 Å². The van der Waals surface area contributed by atoms with Crippen LogP contribution in [0.2, 0.25) is 0 Å². The first-order valence-corrected chi connectivity index (χ1v) is 5.51. The van der Waals surface area contributed by atoms with Gasteiger partial charge in [0.05, 0.1) is 6.10 Å². The Labute approximate surface area is 81.9 Å². The molecule has 0 amide bonds. The molecule has 1 unspecified atom stereocenters. The number of hydrogen-bond acceptors (Lipinski definition) is 1. The third kappa shape index (κ3) is 3.95. The van der Waals surface area contributed by atoms with Gasteiger partial charge in [-0.05, 0) is 39.0 Å². The van der Waals surface area contributed by atoms with Crippen molar-refractivity contribution in [3.8, 4) is 0 Å². The van der Waals surface area contributed by atoms with Gasteiger partial charge in [0.25, 0.3) is 0 Å². The van der Waals surface area contributed by atoms with Crippen molar-refractivity contribution in [2.75, 3.05) is 0 Å². The molecule has 1 aliphatic rings. The molecule has 0 aromatic rings. The summed E-state index contributed by atoms with van der Waals surface area (Å²) in [5, 5.41) is 9.88. The maximum Gasteiger partial charge on any atom is 0.0602 e. The average molecular weight is 182 g/mol. The first-order chi connectivity index (χ1) is 6.20. The molecule has 1 saturated carbocycles. The maximum atomic E-state index is 9.88. The second-order valence-corrected chi connectivity index (χ2v) is 4.48. The van der Waals surface area contributed by atoms with Crippen LogP contribution in [0.1, 0.15) is 52.4 Å². The van der Waals surface area contributed by atoms with Crippen LogP contribution in [-0.2, 0) is 0 Å². The Morgan fingerprint density at radius 3 is 2.46 bits per heavy atom. The highest BCUT2D eigenvalue weighted by Crippen LogP contribution is 2.27. The number of rotatable bonds is 3. The summed E-state index contributed by atoms with van der Waals surface area (Å²) in [6.45, 7) is 4.18. The molecule has 1 heteroatoms. The van der Waals surface area contributed by atoms with Crippen LogP contribution in [0.25, 0.3) is 0 Å². The molecule has 1 atom stereocenters. The van der Waals surface area contributed by atoms with Crippen molar-refractivity contribution < 1.29 is 5.11 Å². The number of allylic oxidation sites excluding steroid dienone is 1. The van der Waals surface area contributed by atoms with E-state index in [-0.39, 0.29) is 6.10 Å². The fraction of sp³-hybridized carbons (Fsp3) is 0.833. The highest BCUT2D eigenvalue weighted by molar-refractivity contribution is 4.95. The highest BCUT2D eigenvalue weighted by atomic mass is 16.3. The van der Waals surface area contributed by atoms with Crippen LogP contribution < -0.4 is 0 Å². The fourth-order valence-electron chi connectivity index (χ4n) is 2.07. The average Bonchev–Trinajstić information content (AvgIpc) is 2.15. The summed E-state index contributed by atoms with van der Waals surface area (Å²) in [5.74, 6) is 0.573. The lowest BCUT2D eigenvalue weighted by molar-refractivity contribution is 0.0872. The van der Waals surface area contributed by atoms with Gasteiger partial charge in [-0.15, -0.1) is 0 Å². The summed E-state index contributed by atoms with van der Waals surface area (Å²) in [4.78, 5) is 0. The Bertz CT molecular complexity index is 162. The largest absolute Gasteiger partial charge is 0.393 e. The molecule has 0 heterocycles. The molecule has 0 aliphatic heterocycles. The lowest BCUT2D eigenvalue weighted by Crippen LogP contribution is -2.22. The summed E-state index contributed by atoms with van der Waals surface area (Å²) in [7, 11) is 0. The Hall–Kier alpha value is -0.300. The lowest BCUT2D eigenvalue weighted by atomic mass is 9.84. The van der Waals surface area contributed by atoms with Gasteiger partial charge in [0.2, 0.25) is 0 Å². The van der Waals surface area contributed by atoms with Crippen molar-refractivity contribution in [2.24, 2.45) is 5.92 Å². The van der Waals surface area contributed by atoms with Crippen molar-refractivity contribution in [3.63, 3.8) is 0 Å². The molecule has 0 aromatic carbocycles.